The van der Waals surface area contributed by atoms with Gasteiger partial charge in [0.15, 0.2) is 0 Å². The average molecular weight is 459 g/mol. The van der Waals surface area contributed by atoms with Crippen LogP contribution in [0.3, 0.4) is 0 Å². The van der Waals surface area contributed by atoms with Crippen molar-refractivity contribution in [3.05, 3.63) is 76.5 Å². The van der Waals surface area contributed by atoms with Crippen molar-refractivity contribution in [2.24, 2.45) is 0 Å². The fourth-order valence-corrected chi connectivity index (χ4v) is 5.10. The zero-order valence-electron chi connectivity index (χ0n) is 18.0. The first kappa shape index (κ1) is 23.0. The van der Waals surface area contributed by atoms with E-state index in [0.717, 1.165) is 4.88 Å². The van der Waals surface area contributed by atoms with Crippen LogP contribution in [-0.2, 0) is 16.6 Å². The van der Waals surface area contributed by atoms with Crippen LogP contribution in [0.4, 0.5) is 5.69 Å². The number of anilines is 1. The predicted octanol–water partition coefficient (Wildman–Crippen LogP) is 4.63. The standard InChI is InChI=1S/C23H26N2O4S2/c1-17(2)24(3)31(27,28)22-9-5-7-18(15-22)23(26)25(16-21-8-6-14-30-21)19-10-12-20(29-4)13-11-19/h5-15,17H,16H2,1-4H3. The number of sulfonamides is 1. The third-order valence-corrected chi connectivity index (χ3v) is 7.90. The van der Waals surface area contributed by atoms with Crippen molar-refractivity contribution in [1.29, 1.82) is 0 Å². The van der Waals surface area contributed by atoms with E-state index < -0.39 is 10.0 Å². The first-order valence-corrected chi connectivity index (χ1v) is 12.1. The van der Waals surface area contributed by atoms with Crippen LogP contribution in [0.15, 0.2) is 70.9 Å². The number of methoxy groups -OCH3 is 1. The molecule has 6 nitrogen and oxygen atoms in total. The van der Waals surface area contributed by atoms with Gasteiger partial charge in [-0.2, -0.15) is 4.31 Å². The highest BCUT2D eigenvalue weighted by molar-refractivity contribution is 7.89. The molecule has 0 N–H and O–H groups in total. The van der Waals surface area contributed by atoms with Crippen LogP contribution < -0.4 is 9.64 Å². The van der Waals surface area contributed by atoms with Crippen molar-refractivity contribution >= 4 is 33.0 Å². The summed E-state index contributed by atoms with van der Waals surface area (Å²) in [6, 6.07) is 17.1. The predicted molar refractivity (Wildman–Crippen MR) is 124 cm³/mol. The minimum atomic E-state index is -3.70. The zero-order chi connectivity index (χ0) is 22.6. The lowest BCUT2D eigenvalue weighted by molar-refractivity contribution is 0.0985. The Hall–Kier alpha value is -2.68. The Bertz CT molecular complexity index is 1120. The van der Waals surface area contributed by atoms with Crippen LogP contribution in [0.1, 0.15) is 29.1 Å². The highest BCUT2D eigenvalue weighted by atomic mass is 32.2. The van der Waals surface area contributed by atoms with Gasteiger partial charge in [0.25, 0.3) is 5.91 Å². The van der Waals surface area contributed by atoms with Crippen LogP contribution in [-0.4, -0.2) is 38.8 Å². The van der Waals surface area contributed by atoms with Gasteiger partial charge in [0, 0.05) is 29.2 Å². The molecule has 0 saturated carbocycles. The Kier molecular flexibility index (Phi) is 7.15. The summed E-state index contributed by atoms with van der Waals surface area (Å²) >= 11 is 1.56. The van der Waals surface area contributed by atoms with Crippen LogP contribution in [0.25, 0.3) is 0 Å². The molecule has 0 aliphatic rings. The van der Waals surface area contributed by atoms with Gasteiger partial charge >= 0.3 is 0 Å². The Morgan fingerprint density at radius 2 is 1.77 bits per heavy atom. The molecular formula is C23H26N2O4S2. The van der Waals surface area contributed by atoms with Crippen molar-refractivity contribution < 1.29 is 17.9 Å². The molecule has 0 unspecified atom stereocenters. The molecule has 0 aliphatic heterocycles. The fraction of sp³-hybridized carbons (Fsp3) is 0.261. The molecule has 0 fully saturated rings. The number of hydrogen-bond acceptors (Lipinski definition) is 5. The number of benzene rings is 2. The largest absolute Gasteiger partial charge is 0.497 e. The number of nitrogens with zero attached hydrogens (tertiary/aromatic N) is 2. The normalized spacial score (nSPS) is 11.7. The molecular weight excluding hydrogens is 432 g/mol. The molecule has 0 saturated heterocycles. The zero-order valence-corrected chi connectivity index (χ0v) is 19.6. The van der Waals surface area contributed by atoms with E-state index in [2.05, 4.69) is 0 Å². The van der Waals surface area contributed by atoms with Gasteiger partial charge < -0.3 is 9.64 Å². The number of thiophene rings is 1. The van der Waals surface area contributed by atoms with Crippen molar-refractivity contribution in [2.75, 3.05) is 19.1 Å². The maximum atomic E-state index is 13.5. The lowest BCUT2D eigenvalue weighted by atomic mass is 10.1. The second kappa shape index (κ2) is 9.64. The third kappa shape index (κ3) is 5.15. The maximum absolute atomic E-state index is 13.5. The molecule has 0 spiro atoms. The molecule has 3 rings (SSSR count). The van der Waals surface area contributed by atoms with Crippen LogP contribution in [0.2, 0.25) is 0 Å². The molecule has 31 heavy (non-hydrogen) atoms. The van der Waals surface area contributed by atoms with E-state index in [1.165, 1.54) is 23.5 Å². The summed E-state index contributed by atoms with van der Waals surface area (Å²) in [5, 5.41) is 1.96. The monoisotopic (exact) mass is 458 g/mol. The smallest absolute Gasteiger partial charge is 0.258 e. The van der Waals surface area contributed by atoms with Crippen molar-refractivity contribution in [3.63, 3.8) is 0 Å². The maximum Gasteiger partial charge on any atom is 0.258 e. The van der Waals surface area contributed by atoms with Gasteiger partial charge in [-0.3, -0.25) is 4.79 Å². The van der Waals surface area contributed by atoms with Gasteiger partial charge in [-0.05, 0) is 67.8 Å². The van der Waals surface area contributed by atoms with E-state index in [1.54, 1.807) is 61.5 Å². The molecule has 1 amide bonds. The second-order valence-electron chi connectivity index (χ2n) is 7.31. The summed E-state index contributed by atoms with van der Waals surface area (Å²) in [7, 11) is -0.572. The first-order valence-electron chi connectivity index (χ1n) is 9.80. The third-order valence-electron chi connectivity index (χ3n) is 5.01. The number of hydrogen-bond donors (Lipinski definition) is 0. The molecule has 2 aromatic carbocycles. The van der Waals surface area contributed by atoms with Crippen LogP contribution in [0.5, 0.6) is 5.75 Å². The topological polar surface area (TPSA) is 66.9 Å². The van der Waals surface area contributed by atoms with Gasteiger partial charge in [-0.1, -0.05) is 12.1 Å². The van der Waals surface area contributed by atoms with Crippen molar-refractivity contribution in [2.45, 2.75) is 31.3 Å². The van der Waals surface area contributed by atoms with Gasteiger partial charge in [0.2, 0.25) is 10.0 Å². The number of carbonyl (C=O) groups is 1. The summed E-state index contributed by atoms with van der Waals surface area (Å²) in [6.45, 7) is 3.99. The van der Waals surface area contributed by atoms with Crippen molar-refractivity contribution in [3.8, 4) is 5.75 Å². The molecule has 3 aromatic rings. The van der Waals surface area contributed by atoms with E-state index in [1.807, 2.05) is 29.6 Å². The Labute approximate surface area is 187 Å². The number of carbonyl (C=O) groups excluding carboxylic acids is 1. The van der Waals surface area contributed by atoms with E-state index in [9.17, 15) is 13.2 Å². The fourth-order valence-electron chi connectivity index (χ4n) is 2.99. The van der Waals surface area contributed by atoms with Crippen LogP contribution >= 0.6 is 11.3 Å². The lowest BCUT2D eigenvalue weighted by Crippen LogP contribution is -2.33. The van der Waals surface area contributed by atoms with Gasteiger partial charge in [0.1, 0.15) is 5.75 Å². The Morgan fingerprint density at radius 3 is 2.35 bits per heavy atom. The van der Waals surface area contributed by atoms with E-state index >= 15 is 0 Å². The number of amides is 1. The molecule has 0 bridgehead atoms. The van der Waals surface area contributed by atoms with Gasteiger partial charge in [-0.25, -0.2) is 8.42 Å². The molecule has 0 radical (unpaired) electrons. The van der Waals surface area contributed by atoms with E-state index in [0.29, 0.717) is 23.5 Å². The SMILES string of the molecule is COc1ccc(N(Cc2cccs2)C(=O)c2cccc(S(=O)(=O)N(C)C(C)C)c2)cc1. The molecule has 1 heterocycles. The average Bonchev–Trinajstić information content (AvgIpc) is 3.30. The minimum absolute atomic E-state index is 0.0976. The summed E-state index contributed by atoms with van der Waals surface area (Å²) < 4.78 is 32.3. The summed E-state index contributed by atoms with van der Waals surface area (Å²) in [4.78, 5) is 16.3. The molecule has 0 atom stereocenters. The highest BCUT2D eigenvalue weighted by Crippen LogP contribution is 2.26. The molecule has 164 valence electrons. The van der Waals surface area contributed by atoms with Gasteiger partial charge in [-0.15, -0.1) is 11.3 Å². The minimum Gasteiger partial charge on any atom is -0.497 e. The number of ether oxygens (including phenoxy) is 1. The lowest BCUT2D eigenvalue weighted by Gasteiger charge is -2.24. The first-order chi connectivity index (χ1) is 14.7. The van der Waals surface area contributed by atoms with Gasteiger partial charge in [0.05, 0.1) is 18.6 Å². The summed E-state index contributed by atoms with van der Waals surface area (Å²) in [5.74, 6) is 0.417. The molecule has 0 aliphatic carbocycles. The Morgan fingerprint density at radius 1 is 1.06 bits per heavy atom. The Balaban J connectivity index is 1.99. The summed E-state index contributed by atoms with van der Waals surface area (Å²) in [5.41, 5.74) is 1.01. The highest BCUT2D eigenvalue weighted by Gasteiger charge is 2.25. The molecule has 1 aromatic heterocycles. The van der Waals surface area contributed by atoms with E-state index in [4.69, 9.17) is 4.74 Å². The number of rotatable bonds is 8. The van der Waals surface area contributed by atoms with Crippen molar-refractivity contribution in [1.82, 2.24) is 4.31 Å². The van der Waals surface area contributed by atoms with E-state index in [-0.39, 0.29) is 16.8 Å². The molecule has 8 heteroatoms. The summed E-state index contributed by atoms with van der Waals surface area (Å²) in [6.07, 6.45) is 0. The second-order valence-corrected chi connectivity index (χ2v) is 10.3. The van der Waals surface area contributed by atoms with Crippen LogP contribution in [0, 0.1) is 0 Å². The quantitative estimate of drug-likeness (QED) is 0.494.